The number of ether oxygens (including phenoxy) is 2. The lowest BCUT2D eigenvalue weighted by Crippen LogP contribution is -2.40. The van der Waals surface area contributed by atoms with Crippen LogP contribution in [0.5, 0.6) is 5.75 Å². The molecule has 1 amide bonds. The van der Waals surface area contributed by atoms with Gasteiger partial charge in [-0.05, 0) is 97.2 Å². The second-order valence-electron chi connectivity index (χ2n) is 11.2. The van der Waals surface area contributed by atoms with Gasteiger partial charge in [0.05, 0.1) is 6.61 Å². The molecule has 2 fully saturated rings. The van der Waals surface area contributed by atoms with Gasteiger partial charge in [0.15, 0.2) is 0 Å². The molecule has 1 heterocycles. The van der Waals surface area contributed by atoms with Crippen molar-refractivity contribution in [3.8, 4) is 5.75 Å². The van der Waals surface area contributed by atoms with E-state index in [4.69, 9.17) is 9.47 Å². The summed E-state index contributed by atoms with van der Waals surface area (Å²) in [6.07, 6.45) is 7.78. The molecule has 0 radical (unpaired) electrons. The van der Waals surface area contributed by atoms with Crippen molar-refractivity contribution >= 4 is 5.91 Å². The summed E-state index contributed by atoms with van der Waals surface area (Å²) in [7, 11) is 1.95. The van der Waals surface area contributed by atoms with Crippen molar-refractivity contribution in [3.63, 3.8) is 0 Å². The van der Waals surface area contributed by atoms with Gasteiger partial charge in [0.25, 0.3) is 5.91 Å². The van der Waals surface area contributed by atoms with E-state index in [9.17, 15) is 4.79 Å². The Bertz CT molecular complexity index is 1010. The molecule has 3 aliphatic rings. The maximum absolute atomic E-state index is 13.1. The van der Waals surface area contributed by atoms with Crippen LogP contribution in [0.25, 0.3) is 0 Å². The maximum atomic E-state index is 13.1. The Hall–Kier alpha value is -2.37. The van der Waals surface area contributed by atoms with E-state index in [1.54, 1.807) is 0 Å². The fourth-order valence-electron chi connectivity index (χ4n) is 5.34. The molecule has 0 bridgehead atoms. The summed E-state index contributed by atoms with van der Waals surface area (Å²) in [5.74, 6) is 1.67. The van der Waals surface area contributed by atoms with Gasteiger partial charge in [-0.1, -0.05) is 25.1 Å². The number of carbonyl (C=O) groups is 1. The van der Waals surface area contributed by atoms with Crippen LogP contribution >= 0.6 is 0 Å². The molecule has 2 aliphatic carbocycles. The highest BCUT2D eigenvalue weighted by Gasteiger charge is 2.28. The second-order valence-corrected chi connectivity index (χ2v) is 11.2. The van der Waals surface area contributed by atoms with Crippen LogP contribution in [0.15, 0.2) is 42.5 Å². The summed E-state index contributed by atoms with van der Waals surface area (Å²) < 4.78 is 11.3. The van der Waals surface area contributed by atoms with Gasteiger partial charge >= 0.3 is 0 Å². The van der Waals surface area contributed by atoms with Gasteiger partial charge in [0.1, 0.15) is 5.75 Å². The molecular weight excluding hydrogens is 436 g/mol. The smallest absolute Gasteiger partial charge is 0.253 e. The summed E-state index contributed by atoms with van der Waals surface area (Å²) in [5.41, 5.74) is 5.25. The lowest BCUT2D eigenvalue weighted by Gasteiger charge is -2.34. The molecule has 1 saturated heterocycles. The molecule has 1 N–H and O–H groups in total. The van der Waals surface area contributed by atoms with Gasteiger partial charge in [0, 0.05) is 45.0 Å². The molecule has 1 saturated carbocycles. The zero-order valence-corrected chi connectivity index (χ0v) is 21.4. The molecule has 1 aliphatic heterocycles. The Balaban J connectivity index is 1.13. The van der Waals surface area contributed by atoms with Crippen molar-refractivity contribution in [3.05, 3.63) is 64.7 Å². The van der Waals surface area contributed by atoms with Crippen LogP contribution in [0.3, 0.4) is 0 Å². The Morgan fingerprint density at radius 2 is 1.86 bits per heavy atom. The molecule has 35 heavy (non-hydrogen) atoms. The third kappa shape index (κ3) is 6.25. The quantitative estimate of drug-likeness (QED) is 0.553. The molecular formula is C30H40N2O3. The van der Waals surface area contributed by atoms with Crippen molar-refractivity contribution in [2.24, 2.45) is 11.3 Å². The third-order valence-electron chi connectivity index (χ3n) is 8.21. The van der Waals surface area contributed by atoms with E-state index in [-0.39, 0.29) is 11.9 Å². The summed E-state index contributed by atoms with van der Waals surface area (Å²) in [6, 6.07) is 14.8. The van der Waals surface area contributed by atoms with Crippen molar-refractivity contribution in [1.29, 1.82) is 0 Å². The minimum Gasteiger partial charge on any atom is -0.493 e. The van der Waals surface area contributed by atoms with E-state index < -0.39 is 0 Å². The van der Waals surface area contributed by atoms with Gasteiger partial charge in [0.2, 0.25) is 0 Å². The number of aryl methyl sites for hydroxylation is 1. The fraction of sp³-hybridized carbons (Fsp3) is 0.567. The Labute approximate surface area is 210 Å². The number of amides is 1. The van der Waals surface area contributed by atoms with E-state index in [2.05, 4.69) is 30.4 Å². The minimum absolute atomic E-state index is 0.0922. The van der Waals surface area contributed by atoms with Gasteiger partial charge in [-0.3, -0.25) is 4.79 Å². The molecule has 2 aromatic rings. The zero-order chi connectivity index (χ0) is 24.3. The Morgan fingerprint density at radius 1 is 1.09 bits per heavy atom. The molecule has 0 unspecified atom stereocenters. The maximum Gasteiger partial charge on any atom is 0.253 e. The minimum atomic E-state index is 0.0922. The largest absolute Gasteiger partial charge is 0.493 e. The standard InChI is InChI=1S/C30H40N2O3/c1-30(13-15-34-16-14-30)21-31-19-23-5-6-26-18-27(10-7-25(26)17-23)32(2)29(33)24-8-11-28(12-9-24)35-20-22-3-4-22/h5-6,8-9,11-12,17,22,27,31H,3-4,7,10,13-16,18-21H2,1-2H3/t27-/m0/s1. The fourth-order valence-corrected chi connectivity index (χ4v) is 5.34. The first-order valence-electron chi connectivity index (χ1n) is 13.4. The van der Waals surface area contributed by atoms with Gasteiger partial charge in [-0.2, -0.15) is 0 Å². The lowest BCUT2D eigenvalue weighted by atomic mass is 9.82. The third-order valence-corrected chi connectivity index (χ3v) is 8.21. The molecule has 5 nitrogen and oxygen atoms in total. The first-order chi connectivity index (χ1) is 17.0. The number of likely N-dealkylation sites (N-methyl/N-ethyl adjacent to an activating group) is 1. The summed E-state index contributed by atoms with van der Waals surface area (Å²) in [5, 5.41) is 3.68. The van der Waals surface area contributed by atoms with Crippen molar-refractivity contribution in [2.45, 2.75) is 64.5 Å². The normalized spacial score (nSPS) is 21.3. The number of nitrogens with one attached hydrogen (secondary N) is 1. The first kappa shape index (κ1) is 24.3. The number of hydrogen-bond donors (Lipinski definition) is 1. The van der Waals surface area contributed by atoms with E-state index in [0.717, 1.165) is 82.2 Å². The predicted molar refractivity (Wildman–Crippen MR) is 139 cm³/mol. The molecule has 0 spiro atoms. The van der Waals surface area contributed by atoms with E-state index in [0.29, 0.717) is 5.41 Å². The number of rotatable bonds is 9. The number of benzene rings is 2. The SMILES string of the molecule is CN(C(=O)c1ccc(OCC2CC2)cc1)[C@H]1CCc2cc(CNCC3(C)CCOCC3)ccc2C1. The van der Waals surface area contributed by atoms with Gasteiger partial charge in [-0.15, -0.1) is 0 Å². The number of nitrogens with zero attached hydrogens (tertiary/aromatic N) is 1. The molecule has 5 heteroatoms. The van der Waals surface area contributed by atoms with Crippen molar-refractivity contribution in [1.82, 2.24) is 10.2 Å². The van der Waals surface area contributed by atoms with Crippen LogP contribution < -0.4 is 10.1 Å². The van der Waals surface area contributed by atoms with Crippen molar-refractivity contribution < 1.29 is 14.3 Å². The summed E-state index contributed by atoms with van der Waals surface area (Å²) in [6.45, 7) is 6.87. The lowest BCUT2D eigenvalue weighted by molar-refractivity contribution is 0.0240. The van der Waals surface area contributed by atoms with Crippen LogP contribution in [0.1, 0.15) is 66.1 Å². The number of hydrogen-bond acceptors (Lipinski definition) is 4. The van der Waals surface area contributed by atoms with Crippen LogP contribution in [0, 0.1) is 11.3 Å². The second kappa shape index (κ2) is 10.7. The number of carbonyl (C=O) groups excluding carboxylic acids is 1. The molecule has 188 valence electrons. The van der Waals surface area contributed by atoms with Crippen LogP contribution in [-0.4, -0.2) is 50.3 Å². The average Bonchev–Trinajstić information content (AvgIpc) is 3.71. The highest BCUT2D eigenvalue weighted by molar-refractivity contribution is 5.94. The average molecular weight is 477 g/mol. The zero-order valence-electron chi connectivity index (χ0n) is 21.4. The highest BCUT2D eigenvalue weighted by atomic mass is 16.5. The molecule has 5 rings (SSSR count). The van der Waals surface area contributed by atoms with E-state index in [1.807, 2.05) is 36.2 Å². The number of fused-ring (bicyclic) bond motifs is 1. The van der Waals surface area contributed by atoms with Gasteiger partial charge in [-0.25, -0.2) is 0 Å². The Morgan fingerprint density at radius 3 is 2.60 bits per heavy atom. The monoisotopic (exact) mass is 476 g/mol. The summed E-state index contributed by atoms with van der Waals surface area (Å²) >= 11 is 0. The predicted octanol–water partition coefficient (Wildman–Crippen LogP) is 5.01. The van der Waals surface area contributed by atoms with Crippen LogP contribution in [-0.2, 0) is 24.1 Å². The first-order valence-corrected chi connectivity index (χ1v) is 13.4. The topological polar surface area (TPSA) is 50.8 Å². The molecule has 2 aromatic carbocycles. The van der Waals surface area contributed by atoms with Crippen LogP contribution in [0.2, 0.25) is 0 Å². The van der Waals surface area contributed by atoms with Crippen LogP contribution in [0.4, 0.5) is 0 Å². The van der Waals surface area contributed by atoms with E-state index in [1.165, 1.54) is 29.5 Å². The summed E-state index contributed by atoms with van der Waals surface area (Å²) in [4.78, 5) is 15.1. The van der Waals surface area contributed by atoms with Crippen molar-refractivity contribution in [2.75, 3.05) is 33.4 Å². The highest BCUT2D eigenvalue weighted by Crippen LogP contribution is 2.31. The van der Waals surface area contributed by atoms with Gasteiger partial charge < -0.3 is 19.7 Å². The molecule has 1 atom stereocenters. The Kier molecular flexibility index (Phi) is 7.45. The molecule has 0 aromatic heterocycles. The van der Waals surface area contributed by atoms with E-state index >= 15 is 0 Å².